The highest BCUT2D eigenvalue weighted by molar-refractivity contribution is 8.14. The van der Waals surface area contributed by atoms with Crippen molar-refractivity contribution in [1.82, 2.24) is 9.78 Å². The van der Waals surface area contributed by atoms with Crippen molar-refractivity contribution in [3.63, 3.8) is 0 Å². The van der Waals surface area contributed by atoms with Gasteiger partial charge in [-0.05, 0) is 36.8 Å². The highest BCUT2D eigenvalue weighted by Crippen LogP contribution is 2.45. The molecular weight excluding hydrogens is 368 g/mol. The van der Waals surface area contributed by atoms with Crippen molar-refractivity contribution in [1.29, 1.82) is 0 Å². The summed E-state index contributed by atoms with van der Waals surface area (Å²) in [5.41, 5.74) is 9.32. The first-order valence-electron chi connectivity index (χ1n) is 8.00. The van der Waals surface area contributed by atoms with Crippen LogP contribution in [0.5, 0.6) is 0 Å². The summed E-state index contributed by atoms with van der Waals surface area (Å²) in [5, 5.41) is 5.40. The summed E-state index contributed by atoms with van der Waals surface area (Å²) < 4.78 is 1.33. The largest absolute Gasteiger partial charge is 0.378 e. The molecule has 26 heavy (non-hydrogen) atoms. The van der Waals surface area contributed by atoms with Crippen LogP contribution in [-0.2, 0) is 0 Å². The third kappa shape index (κ3) is 2.91. The van der Waals surface area contributed by atoms with Crippen LogP contribution in [0.25, 0.3) is 0 Å². The van der Waals surface area contributed by atoms with Gasteiger partial charge in [0, 0.05) is 16.1 Å². The Kier molecular flexibility index (Phi) is 4.30. The lowest BCUT2D eigenvalue weighted by molar-refractivity contribution is 0.0947. The third-order valence-electron chi connectivity index (χ3n) is 4.18. The van der Waals surface area contributed by atoms with Crippen molar-refractivity contribution in [2.24, 2.45) is 10.7 Å². The van der Waals surface area contributed by atoms with Gasteiger partial charge < -0.3 is 5.73 Å². The molecule has 2 N–H and O–H groups in total. The van der Waals surface area contributed by atoms with Crippen LogP contribution in [0, 0.1) is 6.92 Å². The van der Waals surface area contributed by atoms with Crippen LogP contribution in [0.2, 0.25) is 5.02 Å². The van der Waals surface area contributed by atoms with Crippen LogP contribution in [0.3, 0.4) is 0 Å². The zero-order valence-electron chi connectivity index (χ0n) is 13.9. The van der Waals surface area contributed by atoms with E-state index >= 15 is 0 Å². The van der Waals surface area contributed by atoms with Gasteiger partial charge in [0.2, 0.25) is 0 Å². The number of nitrogens with two attached hydrogens (primary N) is 1. The molecular formula is C19H15ClN4OS. The summed E-state index contributed by atoms with van der Waals surface area (Å²) in [6.45, 7) is 1.89. The second-order valence-electron chi connectivity index (χ2n) is 5.91. The molecule has 1 aromatic heterocycles. The molecule has 0 amide bonds. The Morgan fingerprint density at radius 3 is 2.54 bits per heavy atom. The van der Waals surface area contributed by atoms with Gasteiger partial charge in [0.1, 0.15) is 0 Å². The Morgan fingerprint density at radius 1 is 1.15 bits per heavy atom. The predicted molar refractivity (Wildman–Crippen MR) is 105 cm³/mol. The van der Waals surface area contributed by atoms with Crippen LogP contribution in [-0.4, -0.2) is 20.9 Å². The number of amidine groups is 1. The van der Waals surface area contributed by atoms with Crippen molar-refractivity contribution in [3.05, 3.63) is 82.0 Å². The summed E-state index contributed by atoms with van der Waals surface area (Å²) in [7, 11) is 0. The van der Waals surface area contributed by atoms with E-state index in [0.29, 0.717) is 21.6 Å². The topological polar surface area (TPSA) is 73.3 Å². The summed E-state index contributed by atoms with van der Waals surface area (Å²) >= 11 is 7.38. The molecule has 4 rings (SSSR count). The van der Waals surface area contributed by atoms with Crippen molar-refractivity contribution < 1.29 is 4.79 Å². The molecule has 0 unspecified atom stereocenters. The first-order chi connectivity index (χ1) is 12.5. The van der Waals surface area contributed by atoms with Crippen molar-refractivity contribution >= 4 is 40.3 Å². The van der Waals surface area contributed by atoms with E-state index in [1.807, 2.05) is 37.3 Å². The van der Waals surface area contributed by atoms with Gasteiger partial charge in [-0.15, -0.1) is 0 Å². The zero-order valence-corrected chi connectivity index (χ0v) is 15.5. The smallest absolute Gasteiger partial charge is 0.280 e. The maximum absolute atomic E-state index is 12.9. The molecule has 0 saturated carbocycles. The Hall–Kier alpha value is -2.57. The lowest BCUT2D eigenvalue weighted by atomic mass is 10.0. The van der Waals surface area contributed by atoms with Crippen molar-refractivity contribution in [3.8, 4) is 0 Å². The molecule has 1 aliphatic heterocycles. The molecule has 2 aromatic carbocycles. The number of fused-ring (bicyclic) bond motifs is 1. The fraction of sp³-hybridized carbons (Fsp3) is 0.105. The monoisotopic (exact) mass is 382 g/mol. The van der Waals surface area contributed by atoms with Gasteiger partial charge in [-0.25, -0.2) is 4.99 Å². The minimum absolute atomic E-state index is 0.0459. The molecule has 0 aliphatic carbocycles. The molecule has 5 nitrogen and oxygen atoms in total. The molecule has 0 saturated heterocycles. The molecule has 0 radical (unpaired) electrons. The maximum Gasteiger partial charge on any atom is 0.280 e. The second-order valence-corrected chi connectivity index (χ2v) is 7.47. The van der Waals surface area contributed by atoms with Gasteiger partial charge in [0.15, 0.2) is 11.0 Å². The standard InChI is InChI=1S/C19H15ClN4OS/c1-11-15-16(12-5-3-2-4-6-12)26-19(21)22-17(15)24(23-11)18(25)13-7-9-14(20)10-8-13/h2-10,16H,1H3,(H2,21,22)/t16-/m0/s1. The van der Waals surface area contributed by atoms with E-state index in [1.165, 1.54) is 16.4 Å². The van der Waals surface area contributed by atoms with Gasteiger partial charge in [-0.2, -0.15) is 9.78 Å². The molecule has 1 atom stereocenters. The van der Waals surface area contributed by atoms with E-state index in [9.17, 15) is 4.79 Å². The van der Waals surface area contributed by atoms with Gasteiger partial charge in [-0.1, -0.05) is 53.7 Å². The van der Waals surface area contributed by atoms with Crippen LogP contribution < -0.4 is 5.73 Å². The Labute approximate surface area is 159 Å². The molecule has 7 heteroatoms. The van der Waals surface area contributed by atoms with E-state index in [1.54, 1.807) is 24.3 Å². The number of hydrogen-bond acceptors (Lipinski definition) is 5. The maximum atomic E-state index is 12.9. The number of aliphatic imine (C=N–C) groups is 1. The molecule has 3 aromatic rings. The number of halogens is 1. The number of carbonyl (C=O) groups excluding carboxylic acids is 1. The fourth-order valence-electron chi connectivity index (χ4n) is 2.97. The average Bonchev–Trinajstić information content (AvgIpc) is 2.98. The van der Waals surface area contributed by atoms with Gasteiger partial charge in [-0.3, -0.25) is 4.79 Å². The Morgan fingerprint density at radius 2 is 1.85 bits per heavy atom. The van der Waals surface area contributed by atoms with Crippen molar-refractivity contribution in [2.45, 2.75) is 12.2 Å². The minimum Gasteiger partial charge on any atom is -0.378 e. The van der Waals surface area contributed by atoms with Gasteiger partial charge in [0.25, 0.3) is 5.91 Å². The van der Waals surface area contributed by atoms with Crippen molar-refractivity contribution in [2.75, 3.05) is 0 Å². The Bertz CT molecular complexity index is 1010. The lowest BCUT2D eigenvalue weighted by Gasteiger charge is -2.21. The predicted octanol–water partition coefficient (Wildman–Crippen LogP) is 4.32. The number of benzene rings is 2. The number of hydrogen-bond donors (Lipinski definition) is 1. The summed E-state index contributed by atoms with van der Waals surface area (Å²) in [6, 6.07) is 16.7. The number of aromatic nitrogens is 2. The molecule has 0 bridgehead atoms. The Balaban J connectivity index is 1.83. The number of rotatable bonds is 2. The molecule has 130 valence electrons. The molecule has 2 heterocycles. The van der Waals surface area contributed by atoms with Gasteiger partial charge in [0.05, 0.1) is 10.9 Å². The van der Waals surface area contributed by atoms with E-state index in [2.05, 4.69) is 10.1 Å². The first-order valence-corrected chi connectivity index (χ1v) is 9.26. The van der Waals surface area contributed by atoms with Crippen LogP contribution in [0.4, 0.5) is 5.82 Å². The summed E-state index contributed by atoms with van der Waals surface area (Å²) in [4.78, 5) is 17.4. The first kappa shape index (κ1) is 16.9. The van der Waals surface area contributed by atoms with E-state index in [-0.39, 0.29) is 11.2 Å². The van der Waals surface area contributed by atoms with Crippen LogP contribution in [0.1, 0.15) is 32.4 Å². The van der Waals surface area contributed by atoms with Crippen LogP contribution in [0.15, 0.2) is 59.6 Å². The molecule has 0 spiro atoms. The number of carbonyl (C=O) groups is 1. The highest BCUT2D eigenvalue weighted by atomic mass is 35.5. The molecule has 0 fully saturated rings. The SMILES string of the molecule is Cc1nn(C(=O)c2ccc(Cl)cc2)c2c1[C@H](c1ccccc1)SC(N)=N2. The lowest BCUT2D eigenvalue weighted by Crippen LogP contribution is -2.18. The number of nitrogens with zero attached hydrogens (tertiary/aromatic N) is 3. The minimum atomic E-state index is -0.263. The summed E-state index contributed by atoms with van der Waals surface area (Å²) in [5.74, 6) is 0.230. The molecule has 1 aliphatic rings. The van der Waals surface area contributed by atoms with E-state index in [0.717, 1.165) is 16.8 Å². The van der Waals surface area contributed by atoms with E-state index < -0.39 is 0 Å². The van der Waals surface area contributed by atoms with Gasteiger partial charge >= 0.3 is 0 Å². The van der Waals surface area contributed by atoms with E-state index in [4.69, 9.17) is 17.3 Å². The highest BCUT2D eigenvalue weighted by Gasteiger charge is 2.32. The fourth-order valence-corrected chi connectivity index (χ4v) is 4.16. The zero-order chi connectivity index (χ0) is 18.3. The number of thioether (sulfide) groups is 1. The van der Waals surface area contributed by atoms with Crippen LogP contribution >= 0.6 is 23.4 Å². The normalized spacial score (nSPS) is 16.1. The number of aryl methyl sites for hydroxylation is 1. The quantitative estimate of drug-likeness (QED) is 0.716. The average molecular weight is 383 g/mol. The second kappa shape index (κ2) is 6.63. The third-order valence-corrected chi connectivity index (χ3v) is 5.51. The summed E-state index contributed by atoms with van der Waals surface area (Å²) in [6.07, 6.45) is 0.